The lowest BCUT2D eigenvalue weighted by molar-refractivity contribution is -0.135. The van der Waals surface area contributed by atoms with E-state index < -0.39 is 0 Å². The molecule has 124 valence electrons. The number of carbonyl (C=O) groups excluding carboxylic acids is 1. The van der Waals surface area contributed by atoms with Gasteiger partial charge in [0.05, 0.1) is 11.7 Å². The van der Waals surface area contributed by atoms with E-state index in [1.54, 1.807) is 11.3 Å². The monoisotopic (exact) mass is 333 g/mol. The third-order valence-electron chi connectivity index (χ3n) is 4.52. The van der Waals surface area contributed by atoms with Crippen LogP contribution < -0.4 is 0 Å². The number of rotatable bonds is 4. The van der Waals surface area contributed by atoms with E-state index in [-0.39, 0.29) is 11.9 Å². The van der Waals surface area contributed by atoms with Crippen LogP contribution in [0.2, 0.25) is 0 Å². The number of thiazole rings is 1. The fourth-order valence-corrected chi connectivity index (χ4v) is 4.19. The molecule has 0 radical (unpaired) electrons. The summed E-state index contributed by atoms with van der Waals surface area (Å²) in [5.41, 5.74) is 3.00. The summed E-state index contributed by atoms with van der Waals surface area (Å²) in [5, 5.41) is 7.11. The van der Waals surface area contributed by atoms with Gasteiger partial charge in [-0.3, -0.25) is 4.79 Å². The van der Waals surface area contributed by atoms with Gasteiger partial charge in [0.2, 0.25) is 5.91 Å². The van der Waals surface area contributed by atoms with Crippen LogP contribution in [-0.4, -0.2) is 27.5 Å². The van der Waals surface area contributed by atoms with E-state index in [0.29, 0.717) is 12.8 Å². The number of amides is 1. The topological polar surface area (TPSA) is 59.2 Å². The first-order chi connectivity index (χ1) is 11.1. The third-order valence-corrected chi connectivity index (χ3v) is 5.58. The largest absolute Gasteiger partial charge is 0.361 e. The van der Waals surface area contributed by atoms with Crippen LogP contribution in [0, 0.1) is 20.8 Å². The summed E-state index contributed by atoms with van der Waals surface area (Å²) in [6.45, 7) is 6.68. The van der Waals surface area contributed by atoms with Gasteiger partial charge in [0, 0.05) is 29.6 Å². The quantitative estimate of drug-likeness (QED) is 0.855. The zero-order chi connectivity index (χ0) is 16.4. The van der Waals surface area contributed by atoms with E-state index >= 15 is 0 Å². The molecule has 6 heteroatoms. The van der Waals surface area contributed by atoms with Crippen molar-refractivity contribution in [3.05, 3.63) is 33.1 Å². The molecule has 3 rings (SSSR count). The molecule has 0 spiro atoms. The van der Waals surface area contributed by atoms with Gasteiger partial charge < -0.3 is 9.42 Å². The molecule has 23 heavy (non-hydrogen) atoms. The minimum Gasteiger partial charge on any atom is -0.361 e. The highest BCUT2D eigenvalue weighted by molar-refractivity contribution is 7.09. The molecule has 0 bridgehead atoms. The molecule has 0 N–H and O–H groups in total. The molecular formula is C17H23N3O2S. The summed E-state index contributed by atoms with van der Waals surface area (Å²) in [4.78, 5) is 19.4. The van der Waals surface area contributed by atoms with Crippen LogP contribution in [0.25, 0.3) is 0 Å². The van der Waals surface area contributed by atoms with Gasteiger partial charge in [-0.1, -0.05) is 5.16 Å². The summed E-state index contributed by atoms with van der Waals surface area (Å²) in [7, 11) is 0. The SMILES string of the molecule is Cc1csc([C@H]2CCCCN2C(=O)CCc2c(C)noc2C)n1. The molecule has 0 unspecified atom stereocenters. The zero-order valence-electron chi connectivity index (χ0n) is 14.0. The second-order valence-corrected chi connectivity index (χ2v) is 7.12. The van der Waals surface area contributed by atoms with Crippen molar-refractivity contribution in [2.24, 2.45) is 0 Å². The van der Waals surface area contributed by atoms with E-state index in [0.717, 1.165) is 53.5 Å². The molecule has 1 aliphatic rings. The van der Waals surface area contributed by atoms with E-state index in [1.807, 2.05) is 25.7 Å². The van der Waals surface area contributed by atoms with Gasteiger partial charge in [0.25, 0.3) is 0 Å². The second kappa shape index (κ2) is 6.83. The first-order valence-corrected chi connectivity index (χ1v) is 9.07. The van der Waals surface area contributed by atoms with Gasteiger partial charge in [0.15, 0.2) is 0 Å². The van der Waals surface area contributed by atoms with Crippen LogP contribution >= 0.6 is 11.3 Å². The molecule has 0 aliphatic carbocycles. The lowest BCUT2D eigenvalue weighted by Crippen LogP contribution is -2.38. The normalized spacial score (nSPS) is 18.4. The first-order valence-electron chi connectivity index (χ1n) is 8.19. The Kier molecular flexibility index (Phi) is 4.80. The van der Waals surface area contributed by atoms with E-state index in [4.69, 9.17) is 4.52 Å². The molecule has 3 heterocycles. The summed E-state index contributed by atoms with van der Waals surface area (Å²) in [6, 6.07) is 0.152. The highest BCUT2D eigenvalue weighted by atomic mass is 32.1. The average molecular weight is 333 g/mol. The summed E-state index contributed by atoms with van der Waals surface area (Å²) in [6.07, 6.45) is 4.46. The summed E-state index contributed by atoms with van der Waals surface area (Å²) >= 11 is 1.67. The van der Waals surface area contributed by atoms with Gasteiger partial charge in [-0.2, -0.15) is 0 Å². The Morgan fingerprint density at radius 3 is 2.87 bits per heavy atom. The molecule has 1 amide bonds. The van der Waals surface area contributed by atoms with Crippen molar-refractivity contribution in [1.82, 2.24) is 15.0 Å². The first kappa shape index (κ1) is 16.2. The Labute approximate surface area is 140 Å². The van der Waals surface area contributed by atoms with Crippen molar-refractivity contribution in [2.45, 2.75) is 58.9 Å². The predicted octanol–water partition coefficient (Wildman–Crippen LogP) is 3.74. The zero-order valence-corrected chi connectivity index (χ0v) is 14.8. The van der Waals surface area contributed by atoms with Crippen molar-refractivity contribution in [2.75, 3.05) is 6.54 Å². The van der Waals surface area contributed by atoms with Crippen molar-refractivity contribution < 1.29 is 9.32 Å². The Hall–Kier alpha value is -1.69. The average Bonchev–Trinajstić information content (AvgIpc) is 3.11. The van der Waals surface area contributed by atoms with Crippen LogP contribution in [0.15, 0.2) is 9.90 Å². The highest BCUT2D eigenvalue weighted by Gasteiger charge is 2.29. The van der Waals surface area contributed by atoms with E-state index in [1.165, 1.54) is 0 Å². The number of aryl methyl sites for hydroxylation is 3. The molecule has 1 fully saturated rings. The van der Waals surface area contributed by atoms with Gasteiger partial charge in [-0.05, 0) is 46.5 Å². The Bertz CT molecular complexity index is 672. The fraction of sp³-hybridized carbons (Fsp3) is 0.588. The van der Waals surface area contributed by atoms with Crippen molar-refractivity contribution in [3.8, 4) is 0 Å². The van der Waals surface area contributed by atoms with Crippen LogP contribution in [0.3, 0.4) is 0 Å². The van der Waals surface area contributed by atoms with Gasteiger partial charge in [-0.25, -0.2) is 4.98 Å². The Morgan fingerprint density at radius 1 is 1.39 bits per heavy atom. The van der Waals surface area contributed by atoms with Gasteiger partial charge in [-0.15, -0.1) is 11.3 Å². The smallest absolute Gasteiger partial charge is 0.223 e. The minimum absolute atomic E-state index is 0.152. The van der Waals surface area contributed by atoms with E-state index in [9.17, 15) is 4.79 Å². The van der Waals surface area contributed by atoms with Crippen LogP contribution in [0.1, 0.15) is 59.4 Å². The third kappa shape index (κ3) is 3.47. The molecule has 1 aliphatic heterocycles. The summed E-state index contributed by atoms with van der Waals surface area (Å²) in [5.74, 6) is 1.03. The Morgan fingerprint density at radius 2 is 2.22 bits per heavy atom. The molecule has 0 saturated carbocycles. The maximum absolute atomic E-state index is 12.8. The van der Waals surface area contributed by atoms with E-state index in [2.05, 4.69) is 15.5 Å². The Balaban J connectivity index is 1.69. The lowest BCUT2D eigenvalue weighted by atomic mass is 10.0. The standard InChI is InChI=1S/C17H23N3O2S/c1-11-10-23-17(18-11)15-6-4-5-9-20(15)16(21)8-7-14-12(2)19-22-13(14)3/h10,15H,4-9H2,1-3H3/t15-/m1/s1. The number of piperidine rings is 1. The van der Waals surface area contributed by atoms with Crippen LogP contribution in [-0.2, 0) is 11.2 Å². The molecule has 2 aromatic rings. The number of likely N-dealkylation sites (tertiary alicyclic amines) is 1. The number of aromatic nitrogens is 2. The molecule has 5 nitrogen and oxygen atoms in total. The number of carbonyl (C=O) groups is 1. The maximum Gasteiger partial charge on any atom is 0.223 e. The summed E-state index contributed by atoms with van der Waals surface area (Å²) < 4.78 is 5.18. The molecular weight excluding hydrogens is 310 g/mol. The van der Waals surface area contributed by atoms with Gasteiger partial charge in [0.1, 0.15) is 10.8 Å². The van der Waals surface area contributed by atoms with Crippen molar-refractivity contribution >= 4 is 17.2 Å². The number of hydrogen-bond donors (Lipinski definition) is 0. The van der Waals surface area contributed by atoms with Crippen molar-refractivity contribution in [3.63, 3.8) is 0 Å². The second-order valence-electron chi connectivity index (χ2n) is 6.23. The molecule has 0 aromatic carbocycles. The number of nitrogens with zero attached hydrogens (tertiary/aromatic N) is 3. The van der Waals surface area contributed by atoms with Crippen LogP contribution in [0.4, 0.5) is 0 Å². The number of hydrogen-bond acceptors (Lipinski definition) is 5. The highest BCUT2D eigenvalue weighted by Crippen LogP contribution is 2.33. The molecule has 1 saturated heterocycles. The molecule has 1 atom stereocenters. The van der Waals surface area contributed by atoms with Gasteiger partial charge >= 0.3 is 0 Å². The molecule has 2 aromatic heterocycles. The fourth-order valence-electron chi connectivity index (χ4n) is 3.25. The maximum atomic E-state index is 12.8. The van der Waals surface area contributed by atoms with Crippen LogP contribution in [0.5, 0.6) is 0 Å². The lowest BCUT2D eigenvalue weighted by Gasteiger charge is -2.34. The minimum atomic E-state index is 0.152. The van der Waals surface area contributed by atoms with Crippen molar-refractivity contribution in [1.29, 1.82) is 0 Å². The predicted molar refractivity (Wildman–Crippen MR) is 89.5 cm³/mol.